The highest BCUT2D eigenvalue weighted by atomic mass is 16.5. The van der Waals surface area contributed by atoms with Gasteiger partial charge < -0.3 is 34.3 Å². The van der Waals surface area contributed by atoms with E-state index < -0.39 is 12.1 Å². The highest BCUT2D eigenvalue weighted by molar-refractivity contribution is 5.95. The van der Waals surface area contributed by atoms with Crippen molar-refractivity contribution in [2.75, 3.05) is 26.8 Å². The number of likely N-dealkylation sites (tertiary alicyclic amines) is 1. The molecule has 2 N–H and O–H groups in total. The Morgan fingerprint density at radius 1 is 1.05 bits per heavy atom. The van der Waals surface area contributed by atoms with E-state index in [2.05, 4.69) is 15.8 Å². The second-order valence-electron chi connectivity index (χ2n) is 9.53. The van der Waals surface area contributed by atoms with Crippen LogP contribution in [0.4, 0.5) is 0 Å². The summed E-state index contributed by atoms with van der Waals surface area (Å²) in [5, 5.41) is 9.61. The second kappa shape index (κ2) is 11.5. The average Bonchev–Trinajstić information content (AvgIpc) is 3.55. The number of hydrogen-bond acceptors (Lipinski definition) is 8. The lowest BCUT2D eigenvalue weighted by Crippen LogP contribution is -2.45. The van der Waals surface area contributed by atoms with Crippen molar-refractivity contribution in [2.24, 2.45) is 0 Å². The van der Waals surface area contributed by atoms with E-state index >= 15 is 0 Å². The third kappa shape index (κ3) is 6.14. The van der Waals surface area contributed by atoms with Crippen molar-refractivity contribution in [3.63, 3.8) is 0 Å². The van der Waals surface area contributed by atoms with Crippen molar-refractivity contribution < 1.29 is 33.1 Å². The molecule has 204 valence electrons. The molecule has 3 amide bonds. The predicted octanol–water partition coefficient (Wildman–Crippen LogP) is 2.02. The Morgan fingerprint density at radius 3 is 2.59 bits per heavy atom. The molecule has 6 heterocycles. The molecule has 1 aromatic heterocycles. The molecule has 0 spiro atoms. The summed E-state index contributed by atoms with van der Waals surface area (Å²) >= 11 is 0. The van der Waals surface area contributed by atoms with Gasteiger partial charge in [-0.2, -0.15) is 0 Å². The second-order valence-corrected chi connectivity index (χ2v) is 9.53. The van der Waals surface area contributed by atoms with Crippen LogP contribution in [0.3, 0.4) is 0 Å². The Kier molecular flexibility index (Phi) is 7.67. The maximum absolute atomic E-state index is 13.1. The molecule has 4 bridgehead atoms. The van der Waals surface area contributed by atoms with Crippen LogP contribution in [0.15, 0.2) is 53.2 Å². The Morgan fingerprint density at radius 2 is 1.85 bits per heavy atom. The topological polar surface area (TPSA) is 132 Å². The molecular weight excluding hydrogens is 504 g/mol. The lowest BCUT2D eigenvalue weighted by Gasteiger charge is -2.21. The van der Waals surface area contributed by atoms with Gasteiger partial charge in [-0.1, -0.05) is 23.4 Å². The van der Waals surface area contributed by atoms with Crippen molar-refractivity contribution >= 4 is 17.7 Å². The van der Waals surface area contributed by atoms with Gasteiger partial charge in [-0.25, -0.2) is 0 Å². The summed E-state index contributed by atoms with van der Waals surface area (Å²) < 4.78 is 22.4. The van der Waals surface area contributed by atoms with E-state index in [4.69, 9.17) is 18.7 Å². The zero-order chi connectivity index (χ0) is 27.4. The molecule has 2 atom stereocenters. The van der Waals surface area contributed by atoms with Crippen LogP contribution < -0.4 is 24.8 Å². The number of aryl methyl sites for hydroxylation is 2. The Balaban J connectivity index is 1.38. The first-order valence-electron chi connectivity index (χ1n) is 12.7. The molecule has 5 aliphatic heterocycles. The van der Waals surface area contributed by atoms with Crippen LogP contribution in [0.2, 0.25) is 0 Å². The predicted molar refractivity (Wildman–Crippen MR) is 139 cm³/mol. The van der Waals surface area contributed by atoms with Crippen LogP contribution in [0.1, 0.15) is 33.7 Å². The molecule has 1 saturated heterocycles. The summed E-state index contributed by atoms with van der Waals surface area (Å²) in [6, 6.07) is 12.2. The lowest BCUT2D eigenvalue weighted by atomic mass is 10.1. The summed E-state index contributed by atoms with van der Waals surface area (Å²) in [6.07, 6.45) is 1.62. The zero-order valence-corrected chi connectivity index (χ0v) is 21.8. The van der Waals surface area contributed by atoms with E-state index in [9.17, 15) is 14.4 Å². The monoisotopic (exact) mass is 534 g/mol. The number of benzene rings is 2. The average molecular weight is 535 g/mol. The SMILES string of the molecule is COc1cc2ccc1OCC(=O)NCc1ccc(cc1)O[C@H]1CN(C(=O)c3cnoc3C)C[C@@H]1NC(=O)CC2. The quantitative estimate of drug-likeness (QED) is 0.511. The van der Waals surface area contributed by atoms with Gasteiger partial charge >= 0.3 is 0 Å². The van der Waals surface area contributed by atoms with Crippen molar-refractivity contribution in [2.45, 2.75) is 38.5 Å². The molecule has 2 aromatic carbocycles. The number of carbonyl (C=O) groups is 3. The van der Waals surface area contributed by atoms with Crippen LogP contribution in [0, 0.1) is 6.92 Å². The molecule has 11 heteroatoms. The molecule has 39 heavy (non-hydrogen) atoms. The van der Waals surface area contributed by atoms with Gasteiger partial charge in [0, 0.05) is 19.5 Å². The molecule has 11 nitrogen and oxygen atoms in total. The normalized spacial score (nSPS) is 19.9. The molecule has 8 rings (SSSR count). The summed E-state index contributed by atoms with van der Waals surface area (Å²) in [6.45, 7) is 2.41. The number of amides is 3. The first-order valence-corrected chi connectivity index (χ1v) is 12.7. The van der Waals surface area contributed by atoms with Gasteiger partial charge in [0.15, 0.2) is 18.1 Å². The van der Waals surface area contributed by atoms with Gasteiger partial charge in [0.05, 0.1) is 25.9 Å². The van der Waals surface area contributed by atoms with Crippen molar-refractivity contribution in [1.29, 1.82) is 0 Å². The van der Waals surface area contributed by atoms with Gasteiger partial charge in [-0.3, -0.25) is 14.4 Å². The Labute approximate surface area is 225 Å². The minimum atomic E-state index is -0.467. The molecule has 1 fully saturated rings. The highest BCUT2D eigenvalue weighted by Crippen LogP contribution is 2.29. The van der Waals surface area contributed by atoms with E-state index in [-0.39, 0.29) is 43.8 Å². The number of hydrogen-bond donors (Lipinski definition) is 2. The molecule has 3 aromatic rings. The van der Waals surface area contributed by atoms with E-state index in [0.717, 1.165) is 11.1 Å². The number of carbonyl (C=O) groups excluding carboxylic acids is 3. The zero-order valence-electron chi connectivity index (χ0n) is 21.8. The fourth-order valence-corrected chi connectivity index (χ4v) is 4.65. The van der Waals surface area contributed by atoms with Gasteiger partial charge in [0.2, 0.25) is 5.91 Å². The van der Waals surface area contributed by atoms with Gasteiger partial charge in [0.25, 0.3) is 11.8 Å². The van der Waals surface area contributed by atoms with Crippen LogP contribution in [-0.4, -0.2) is 66.7 Å². The first-order chi connectivity index (χ1) is 18.9. The molecule has 0 unspecified atom stereocenters. The van der Waals surface area contributed by atoms with E-state index in [1.165, 1.54) is 13.3 Å². The van der Waals surface area contributed by atoms with Crippen LogP contribution >= 0.6 is 0 Å². The minimum absolute atomic E-state index is 0.161. The van der Waals surface area contributed by atoms with Crippen LogP contribution in [0.25, 0.3) is 0 Å². The number of methoxy groups -OCH3 is 1. The number of nitrogens with one attached hydrogen (secondary N) is 2. The fourth-order valence-electron chi connectivity index (χ4n) is 4.65. The van der Waals surface area contributed by atoms with Gasteiger partial charge in [-0.15, -0.1) is 0 Å². The number of rotatable bonds is 2. The molecule has 0 saturated carbocycles. The van der Waals surface area contributed by atoms with Crippen molar-refractivity contribution in [3.8, 4) is 17.2 Å². The maximum atomic E-state index is 13.1. The summed E-state index contributed by atoms with van der Waals surface area (Å²) in [5.41, 5.74) is 2.14. The lowest BCUT2D eigenvalue weighted by molar-refractivity contribution is -0.123. The minimum Gasteiger partial charge on any atom is -0.493 e. The molecule has 0 radical (unpaired) electrons. The fraction of sp³-hybridized carbons (Fsp3) is 0.357. The summed E-state index contributed by atoms with van der Waals surface area (Å²) in [5.74, 6) is 1.29. The van der Waals surface area contributed by atoms with Gasteiger partial charge in [-0.05, 0) is 48.7 Å². The summed E-state index contributed by atoms with van der Waals surface area (Å²) in [7, 11) is 1.52. The maximum Gasteiger partial charge on any atom is 0.259 e. The number of aromatic nitrogens is 1. The van der Waals surface area contributed by atoms with E-state index in [0.29, 0.717) is 41.5 Å². The molecule has 5 aliphatic rings. The number of nitrogens with zero attached hydrogens (tertiary/aromatic N) is 2. The van der Waals surface area contributed by atoms with Crippen LogP contribution in [-0.2, 0) is 22.6 Å². The third-order valence-electron chi connectivity index (χ3n) is 6.81. The third-order valence-corrected chi connectivity index (χ3v) is 6.81. The van der Waals surface area contributed by atoms with Crippen molar-refractivity contribution in [3.05, 3.63) is 71.1 Å². The smallest absolute Gasteiger partial charge is 0.259 e. The summed E-state index contributed by atoms with van der Waals surface area (Å²) in [4.78, 5) is 40.1. The van der Waals surface area contributed by atoms with Gasteiger partial charge in [0.1, 0.15) is 23.2 Å². The first kappa shape index (κ1) is 26.1. The van der Waals surface area contributed by atoms with Crippen LogP contribution in [0.5, 0.6) is 17.2 Å². The standard InChI is InChI=1S/C28H30N4O7/c1-17-21(13-30-39-17)28(35)32-14-22-25(15-32)38-20-7-3-19(4-8-20)12-29-27(34)16-37-23-9-5-18(11-24(23)36-2)6-10-26(33)31-22/h3-5,7-9,11,13,22,25H,6,10,12,14-16H2,1-2H3,(H,29,34)(H,31,33)/t22-,25-/m0/s1. The largest absolute Gasteiger partial charge is 0.493 e. The molecular formula is C28H30N4O7. The number of ether oxygens (including phenoxy) is 3. The highest BCUT2D eigenvalue weighted by Gasteiger charge is 2.39. The Hall–Kier alpha value is -4.54. The molecule has 0 aliphatic carbocycles. The van der Waals surface area contributed by atoms with Crippen molar-refractivity contribution in [1.82, 2.24) is 20.7 Å². The van der Waals surface area contributed by atoms with E-state index in [1.807, 2.05) is 18.2 Å². The van der Waals surface area contributed by atoms with E-state index in [1.54, 1.807) is 36.1 Å². The Bertz CT molecular complexity index is 1350.